The summed E-state index contributed by atoms with van der Waals surface area (Å²) in [6.07, 6.45) is 1.50. The van der Waals surface area contributed by atoms with Gasteiger partial charge in [-0.15, -0.1) is 0 Å². The number of nitrogen functional groups attached to an aromatic ring is 1. The molecule has 0 saturated heterocycles. The molecule has 0 spiro atoms. The first-order valence-corrected chi connectivity index (χ1v) is 6.48. The molecular weight excluding hydrogens is 230 g/mol. The molecule has 0 radical (unpaired) electrons. The van der Waals surface area contributed by atoms with Crippen molar-refractivity contribution in [1.29, 1.82) is 0 Å². The third-order valence-electron chi connectivity index (χ3n) is 1.70. The molecule has 0 amide bonds. The molecule has 16 heavy (non-hydrogen) atoms. The van der Waals surface area contributed by atoms with E-state index in [2.05, 4.69) is 20.0 Å². The van der Waals surface area contributed by atoms with Crippen LogP contribution in [0.15, 0.2) is 12.3 Å². The third kappa shape index (κ3) is 4.41. The van der Waals surface area contributed by atoms with Crippen LogP contribution in [-0.4, -0.2) is 37.2 Å². The highest BCUT2D eigenvalue weighted by Gasteiger charge is 2.07. The van der Waals surface area contributed by atoms with Gasteiger partial charge >= 0.3 is 0 Å². The van der Waals surface area contributed by atoms with E-state index in [0.29, 0.717) is 18.3 Å². The molecule has 0 aliphatic rings. The zero-order valence-electron chi connectivity index (χ0n) is 8.97. The summed E-state index contributed by atoms with van der Waals surface area (Å²) in [6, 6.07) is 1.56. The molecule has 0 aliphatic heterocycles. The zero-order valence-corrected chi connectivity index (χ0v) is 9.79. The van der Waals surface area contributed by atoms with Crippen LogP contribution in [0.25, 0.3) is 0 Å². The summed E-state index contributed by atoms with van der Waals surface area (Å²) in [5.74, 6) is 0.637. The number of nitrogens with one attached hydrogen (secondary N) is 2. The van der Waals surface area contributed by atoms with Crippen LogP contribution in [0, 0.1) is 0 Å². The van der Waals surface area contributed by atoms with Gasteiger partial charge in [-0.1, -0.05) is 6.92 Å². The Balaban J connectivity index is 2.42. The predicted octanol–water partition coefficient (Wildman–Crippen LogP) is -0.590. The highest BCUT2D eigenvalue weighted by atomic mass is 32.2. The average Bonchev–Trinajstić information content (AvgIpc) is 2.17. The molecule has 1 aromatic heterocycles. The molecule has 90 valence electrons. The lowest BCUT2D eigenvalue weighted by Gasteiger charge is -2.06. The van der Waals surface area contributed by atoms with E-state index in [1.165, 1.54) is 6.20 Å². The summed E-state index contributed by atoms with van der Waals surface area (Å²) in [4.78, 5) is 7.77. The Hall–Kier alpha value is -1.41. The highest BCUT2D eigenvalue weighted by molar-refractivity contribution is 7.89. The van der Waals surface area contributed by atoms with Crippen molar-refractivity contribution in [2.45, 2.75) is 6.92 Å². The molecule has 8 heteroatoms. The fraction of sp³-hybridized carbons (Fsp3) is 0.500. The van der Waals surface area contributed by atoms with Crippen molar-refractivity contribution in [3.63, 3.8) is 0 Å². The smallest absolute Gasteiger partial charge is 0.224 e. The summed E-state index contributed by atoms with van der Waals surface area (Å²) in [5.41, 5.74) is 5.44. The molecule has 0 aromatic carbocycles. The normalized spacial score (nSPS) is 11.3. The summed E-state index contributed by atoms with van der Waals surface area (Å²) < 4.78 is 24.9. The van der Waals surface area contributed by atoms with Crippen LogP contribution >= 0.6 is 0 Å². The first kappa shape index (κ1) is 12.7. The van der Waals surface area contributed by atoms with E-state index in [1.54, 1.807) is 13.0 Å². The summed E-state index contributed by atoms with van der Waals surface area (Å²) in [5, 5.41) is 2.78. The van der Waals surface area contributed by atoms with Gasteiger partial charge in [0.1, 0.15) is 5.82 Å². The number of hydrogen-bond donors (Lipinski definition) is 3. The molecular formula is C8H15N5O2S. The van der Waals surface area contributed by atoms with Gasteiger partial charge in [0.05, 0.1) is 5.75 Å². The largest absolute Gasteiger partial charge is 0.384 e. The standard InChI is InChI=1S/C8H15N5O2S/c1-2-12-16(14,15)6-5-11-8-10-4-3-7(9)13-8/h3-4,12H,2,5-6H2,1H3,(H3,9,10,11,13). The van der Waals surface area contributed by atoms with Crippen molar-refractivity contribution in [2.75, 3.05) is 29.9 Å². The van der Waals surface area contributed by atoms with Crippen molar-refractivity contribution in [1.82, 2.24) is 14.7 Å². The topological polar surface area (TPSA) is 110 Å². The van der Waals surface area contributed by atoms with E-state index in [-0.39, 0.29) is 12.3 Å². The molecule has 0 bridgehead atoms. The summed E-state index contributed by atoms with van der Waals surface area (Å²) in [7, 11) is -3.21. The second-order valence-corrected chi connectivity index (χ2v) is 4.98. The number of anilines is 2. The minimum absolute atomic E-state index is 0.0288. The van der Waals surface area contributed by atoms with Crippen LogP contribution < -0.4 is 15.8 Å². The Kier molecular flexibility index (Phi) is 4.44. The van der Waals surface area contributed by atoms with Crippen LogP contribution in [0.4, 0.5) is 11.8 Å². The van der Waals surface area contributed by atoms with Crippen molar-refractivity contribution in [3.8, 4) is 0 Å². The lowest BCUT2D eigenvalue weighted by Crippen LogP contribution is -2.29. The van der Waals surface area contributed by atoms with Gasteiger partial charge in [0.2, 0.25) is 16.0 Å². The van der Waals surface area contributed by atoms with Crippen molar-refractivity contribution >= 4 is 21.8 Å². The summed E-state index contributed by atoms with van der Waals surface area (Å²) >= 11 is 0. The molecule has 0 unspecified atom stereocenters. The second kappa shape index (κ2) is 5.61. The van der Waals surface area contributed by atoms with Gasteiger partial charge in [0, 0.05) is 19.3 Å². The molecule has 0 aliphatic carbocycles. The third-order valence-corrected chi connectivity index (χ3v) is 3.17. The van der Waals surface area contributed by atoms with Gasteiger partial charge in [-0.05, 0) is 6.07 Å². The van der Waals surface area contributed by atoms with Gasteiger partial charge < -0.3 is 11.1 Å². The maximum Gasteiger partial charge on any atom is 0.224 e. The van der Waals surface area contributed by atoms with Crippen LogP contribution in [0.5, 0.6) is 0 Å². The number of rotatable bonds is 6. The number of sulfonamides is 1. The quantitative estimate of drug-likeness (QED) is 0.618. The first-order chi connectivity index (χ1) is 7.53. The maximum absolute atomic E-state index is 11.3. The number of hydrogen-bond acceptors (Lipinski definition) is 6. The summed E-state index contributed by atoms with van der Waals surface area (Å²) in [6.45, 7) is 2.35. The van der Waals surface area contributed by atoms with Crippen LogP contribution in [0.2, 0.25) is 0 Å². The minimum atomic E-state index is -3.21. The first-order valence-electron chi connectivity index (χ1n) is 4.83. The van der Waals surface area contributed by atoms with Crippen molar-refractivity contribution in [3.05, 3.63) is 12.3 Å². The van der Waals surface area contributed by atoms with E-state index in [4.69, 9.17) is 5.73 Å². The second-order valence-electron chi connectivity index (χ2n) is 3.05. The molecule has 0 saturated carbocycles. The van der Waals surface area contributed by atoms with Gasteiger partial charge in [0.15, 0.2) is 0 Å². The van der Waals surface area contributed by atoms with Crippen molar-refractivity contribution < 1.29 is 8.42 Å². The Labute approximate surface area is 94.5 Å². The van der Waals surface area contributed by atoms with Gasteiger partial charge in [-0.25, -0.2) is 18.1 Å². The Bertz CT molecular complexity index is 434. The van der Waals surface area contributed by atoms with Gasteiger partial charge in [0.25, 0.3) is 0 Å². The lowest BCUT2D eigenvalue weighted by atomic mass is 10.6. The number of nitrogens with two attached hydrogens (primary N) is 1. The number of nitrogens with zero attached hydrogens (tertiary/aromatic N) is 2. The lowest BCUT2D eigenvalue weighted by molar-refractivity contribution is 0.584. The highest BCUT2D eigenvalue weighted by Crippen LogP contribution is 2.00. The fourth-order valence-corrected chi connectivity index (χ4v) is 2.00. The molecule has 0 atom stereocenters. The van der Waals surface area contributed by atoms with E-state index in [0.717, 1.165) is 0 Å². The van der Waals surface area contributed by atoms with Crippen LogP contribution in [-0.2, 0) is 10.0 Å². The Morgan fingerprint density at radius 2 is 2.25 bits per heavy atom. The van der Waals surface area contributed by atoms with E-state index in [9.17, 15) is 8.42 Å². The van der Waals surface area contributed by atoms with Gasteiger partial charge in [-0.3, -0.25) is 0 Å². The monoisotopic (exact) mass is 245 g/mol. The molecule has 1 heterocycles. The molecule has 1 rings (SSSR count). The van der Waals surface area contributed by atoms with Gasteiger partial charge in [-0.2, -0.15) is 4.98 Å². The molecule has 7 nitrogen and oxygen atoms in total. The Morgan fingerprint density at radius 3 is 2.88 bits per heavy atom. The predicted molar refractivity (Wildman–Crippen MR) is 62.4 cm³/mol. The molecule has 1 aromatic rings. The fourth-order valence-electron chi connectivity index (χ4n) is 1.05. The average molecular weight is 245 g/mol. The van der Waals surface area contributed by atoms with Crippen molar-refractivity contribution in [2.24, 2.45) is 0 Å². The Morgan fingerprint density at radius 1 is 1.50 bits per heavy atom. The minimum Gasteiger partial charge on any atom is -0.384 e. The molecule has 4 N–H and O–H groups in total. The maximum atomic E-state index is 11.3. The molecule has 0 fully saturated rings. The number of aromatic nitrogens is 2. The van der Waals surface area contributed by atoms with Crippen LogP contribution in [0.3, 0.4) is 0 Å². The SMILES string of the molecule is CCNS(=O)(=O)CCNc1nccc(N)n1. The van der Waals surface area contributed by atoms with E-state index in [1.807, 2.05) is 0 Å². The van der Waals surface area contributed by atoms with Crippen LogP contribution in [0.1, 0.15) is 6.92 Å². The van der Waals surface area contributed by atoms with E-state index < -0.39 is 10.0 Å². The van der Waals surface area contributed by atoms with E-state index >= 15 is 0 Å². The zero-order chi connectivity index (χ0) is 12.0.